The lowest BCUT2D eigenvalue weighted by Gasteiger charge is -2.37. The number of likely N-dealkylation sites (N-methyl/N-ethyl adjacent to an activating group) is 5. The summed E-state index contributed by atoms with van der Waals surface area (Å²) in [4.78, 5) is 244. The second-order valence-corrected chi connectivity index (χ2v) is 35.2. The summed E-state index contributed by atoms with van der Waals surface area (Å²) in [7, 11) is 6.84. The largest absolute Gasteiger partial charge is 0.508 e. The summed E-state index contributed by atoms with van der Waals surface area (Å²) in [5.41, 5.74) is 9.49. The molecule has 0 saturated carbocycles. The van der Waals surface area contributed by atoms with Gasteiger partial charge in [-0.2, -0.15) is 0 Å². The molecule has 10 N–H and O–H groups in total. The van der Waals surface area contributed by atoms with Gasteiger partial charge in [0.2, 0.25) is 70.9 Å². The monoisotopic (exact) mass is 1810 g/mol. The van der Waals surface area contributed by atoms with Crippen molar-refractivity contribution in [2.24, 2.45) is 29.4 Å². The number of ether oxygens (including phenoxy) is 1. The number of Topliss-reactive ketones (excluding diaryl/α,β-unsaturated/α-hetero) is 3. The molecule has 11 atom stereocenters. The Morgan fingerprint density at radius 1 is 0.519 bits per heavy atom. The third-order valence-corrected chi connectivity index (χ3v) is 24.2. The van der Waals surface area contributed by atoms with Crippen molar-refractivity contribution in [3.05, 3.63) is 208 Å². The second-order valence-electron chi connectivity index (χ2n) is 33.7. The number of unbranched alkanes of at least 4 members (excludes halogenated alkanes) is 1. The first-order valence-corrected chi connectivity index (χ1v) is 44.8. The first-order chi connectivity index (χ1) is 61.5. The quantitative estimate of drug-likeness (QED) is 0.0280. The molecule has 0 radical (unpaired) electrons. The number of aromatic amines is 1. The molecular weight excluding hydrogens is 1690 g/mol. The van der Waals surface area contributed by atoms with E-state index in [-0.39, 0.29) is 75.3 Å². The fourth-order valence-corrected chi connectivity index (χ4v) is 16.6. The number of H-pyrrole nitrogens is 1. The number of carbonyl (C=O) groups excluding carboxylic acids is 16. The number of nitrogens with two attached hydrogens (primary N) is 1. The molecule has 1 saturated heterocycles. The van der Waals surface area contributed by atoms with Gasteiger partial charge in [-0.15, -0.1) is 11.8 Å². The first kappa shape index (κ1) is 102. The van der Waals surface area contributed by atoms with Gasteiger partial charge in [-0.1, -0.05) is 193 Å². The van der Waals surface area contributed by atoms with E-state index in [1.165, 1.54) is 74.2 Å². The highest BCUT2D eigenvalue weighted by atomic mass is 35.5. The predicted molar refractivity (Wildman–Crippen MR) is 489 cm³/mol. The molecule has 690 valence electrons. The Balaban J connectivity index is 1.21. The minimum atomic E-state index is -1.54. The maximum Gasteiger partial charge on any atom is 0.293 e. The van der Waals surface area contributed by atoms with Crippen LogP contribution in [0.15, 0.2) is 170 Å². The van der Waals surface area contributed by atoms with Gasteiger partial charge in [0.25, 0.3) is 6.47 Å². The van der Waals surface area contributed by atoms with Crippen LogP contribution >= 0.6 is 23.4 Å². The van der Waals surface area contributed by atoms with Crippen LogP contribution in [0.4, 0.5) is 0 Å². The summed E-state index contributed by atoms with van der Waals surface area (Å²) in [6.07, 6.45) is -0.361. The Morgan fingerprint density at radius 3 is 1.60 bits per heavy atom. The summed E-state index contributed by atoms with van der Waals surface area (Å²) < 4.78 is 5.16. The van der Waals surface area contributed by atoms with Crippen LogP contribution in [0, 0.1) is 23.7 Å². The molecule has 31 nitrogen and oxygen atoms in total. The molecule has 1 aliphatic rings. The number of nitrogens with zero attached hydrogens (tertiary/aromatic N) is 5. The van der Waals surface area contributed by atoms with E-state index in [2.05, 4.69) is 36.9 Å². The zero-order valence-corrected chi connectivity index (χ0v) is 76.2. The number of carbonyl (C=O) groups is 16. The molecule has 1 fully saturated rings. The number of halogens is 1. The lowest BCUT2D eigenvalue weighted by Crippen LogP contribution is -2.59. The number of primary amides is 1. The van der Waals surface area contributed by atoms with E-state index in [0.717, 1.165) is 21.6 Å². The van der Waals surface area contributed by atoms with Gasteiger partial charge in [0, 0.05) is 133 Å². The minimum absolute atomic E-state index is 0.0477. The molecule has 0 aliphatic carbocycles. The van der Waals surface area contributed by atoms with Crippen molar-refractivity contribution in [1.29, 1.82) is 0 Å². The lowest BCUT2D eigenvalue weighted by molar-refractivity contribution is -0.151. The normalized spacial score (nSPS) is 22.0. The number of amides is 12. The number of rotatable bonds is 25. The zero-order valence-electron chi connectivity index (χ0n) is 74.7. The smallest absolute Gasteiger partial charge is 0.293 e. The number of hydrogen-bond acceptors (Lipinski definition) is 19. The topological polar surface area (TPSA) is 433 Å². The van der Waals surface area contributed by atoms with Crippen LogP contribution in [-0.4, -0.2) is 250 Å². The number of ketones is 3. The summed E-state index contributed by atoms with van der Waals surface area (Å²) in [6.45, 7) is 6.93. The minimum Gasteiger partial charge on any atom is -0.508 e. The molecule has 33 heteroatoms. The molecule has 8 rings (SSSR count). The standard InChI is InChI=1S/C96H120ClN13O18S/c1-11-12-32-80-95(126)106(6)53-70(113)49-67(55-128-58-111)84(115)51-72(60(4)5)92(123)109(9)81(47-62-26-18-14-19-27-62)91(122)104-77(46-65-35-39-69(112)40-36-65)93(124)107(7)54-86(117)100-76(50-66-52-99-73-31-23-22-30-71(66)73)90(121)103-75(44-64-33-37-68(97)38-34-64)89(120)102-74(43-59(2)3)88(119)105-79(83(114)41-42-85(98)116)56-129-57-87(118)101-78(45-61-24-16-13-17-25-61)94(125)110(10)82(96(127)108(80)8)48-63-28-20-15-21-29-63/h13-31,33-40,52,58-60,67,72,74-82,99,112H,11-12,32,41-51,53-57H2,1-10H3,(H2,98,116)(H,100,117)(H,101,118)(H,102,120)(H,103,121)(H,104,122)(H,105,119)/t67-,72-,74-,75-,76-,77-,78-,79-,80-,81-,82-/m0/s1. The number of benzene rings is 6. The van der Waals surface area contributed by atoms with Gasteiger partial charge in [0.05, 0.1) is 30.8 Å². The van der Waals surface area contributed by atoms with Crippen molar-refractivity contribution in [2.45, 2.75) is 179 Å². The zero-order chi connectivity index (χ0) is 94.1. The summed E-state index contributed by atoms with van der Waals surface area (Å²) in [5, 5.41) is 28.3. The maximum atomic E-state index is 15.6. The number of phenols is 1. The highest BCUT2D eigenvalue weighted by Crippen LogP contribution is 2.28. The van der Waals surface area contributed by atoms with Gasteiger partial charge >= 0.3 is 0 Å². The van der Waals surface area contributed by atoms with Gasteiger partial charge < -0.3 is 77.0 Å². The molecular formula is C96H120ClN13O18S. The fourth-order valence-electron chi connectivity index (χ4n) is 15.5. The number of nitrogens with one attached hydrogen (secondary N) is 7. The Kier molecular flexibility index (Phi) is 39.7. The van der Waals surface area contributed by atoms with Crippen LogP contribution in [0.3, 0.4) is 0 Å². The second kappa shape index (κ2) is 50.2. The maximum absolute atomic E-state index is 15.6. The molecule has 2 heterocycles. The number of para-hydroxylation sites is 1. The van der Waals surface area contributed by atoms with E-state index in [1.54, 1.807) is 173 Å². The number of hydrogen-bond donors (Lipinski definition) is 9. The molecule has 129 heavy (non-hydrogen) atoms. The van der Waals surface area contributed by atoms with E-state index in [9.17, 15) is 38.7 Å². The van der Waals surface area contributed by atoms with Crippen molar-refractivity contribution in [3.63, 3.8) is 0 Å². The van der Waals surface area contributed by atoms with Crippen LogP contribution in [0.5, 0.6) is 5.75 Å². The first-order valence-electron chi connectivity index (χ1n) is 43.3. The van der Waals surface area contributed by atoms with E-state index < -0.39 is 211 Å². The van der Waals surface area contributed by atoms with E-state index in [4.69, 9.17) is 22.1 Å². The van der Waals surface area contributed by atoms with Crippen molar-refractivity contribution in [1.82, 2.24) is 61.4 Å². The van der Waals surface area contributed by atoms with Crippen LogP contribution in [0.2, 0.25) is 5.02 Å². The van der Waals surface area contributed by atoms with E-state index >= 15 is 43.2 Å². The molecule has 0 bridgehead atoms. The summed E-state index contributed by atoms with van der Waals surface area (Å²) >= 11 is 7.26. The molecule has 12 amide bonds. The number of aromatic nitrogens is 1. The summed E-state index contributed by atoms with van der Waals surface area (Å²) in [6, 6.07) is 32.6. The average molecular weight is 1810 g/mol. The number of phenolic OH excluding ortho intramolecular Hbond substituents is 1. The van der Waals surface area contributed by atoms with Crippen molar-refractivity contribution < 1.29 is 86.6 Å². The summed E-state index contributed by atoms with van der Waals surface area (Å²) in [5.74, 6) is -15.9. The third-order valence-electron chi connectivity index (χ3n) is 22.9. The highest BCUT2D eigenvalue weighted by molar-refractivity contribution is 8.00. The Bertz CT molecular complexity index is 5030. The predicted octanol–water partition coefficient (Wildman–Crippen LogP) is 6.39. The number of aromatic hydroxyl groups is 1. The lowest BCUT2D eigenvalue weighted by atomic mass is 9.84. The van der Waals surface area contributed by atoms with Gasteiger partial charge in [-0.25, -0.2) is 0 Å². The van der Waals surface area contributed by atoms with Gasteiger partial charge in [-0.05, 0) is 88.4 Å². The number of thioether (sulfide) groups is 1. The Hall–Kier alpha value is -12.6. The van der Waals surface area contributed by atoms with E-state index in [1.807, 2.05) is 6.92 Å². The number of fused-ring (bicyclic) bond motifs is 1. The molecule has 0 spiro atoms. The molecule has 1 aromatic heterocycles. The highest BCUT2D eigenvalue weighted by Gasteiger charge is 2.42. The molecule has 0 unspecified atom stereocenters. The van der Waals surface area contributed by atoms with Crippen molar-refractivity contribution >= 4 is 129 Å². The van der Waals surface area contributed by atoms with Gasteiger partial charge in [0.15, 0.2) is 11.6 Å². The van der Waals surface area contributed by atoms with Crippen LogP contribution in [0.1, 0.15) is 119 Å². The van der Waals surface area contributed by atoms with Crippen LogP contribution in [-0.2, 0) is 120 Å². The Labute approximate surface area is 761 Å². The van der Waals surface area contributed by atoms with Crippen LogP contribution < -0.4 is 37.6 Å². The Morgan fingerprint density at radius 2 is 1.02 bits per heavy atom. The average Bonchev–Trinajstić information content (AvgIpc) is 1.80. The van der Waals surface area contributed by atoms with Crippen molar-refractivity contribution in [2.75, 3.05) is 66.4 Å². The van der Waals surface area contributed by atoms with Gasteiger partial charge in [0.1, 0.15) is 66.5 Å². The van der Waals surface area contributed by atoms with Crippen LogP contribution in [0.25, 0.3) is 10.9 Å². The molecule has 7 aromatic rings. The SMILES string of the molecule is CCCC[C@H]1C(=O)N(C)CC(=O)C[C@@H](COC=O)C(=O)C[C@@H](C(C)C)C(=O)N(C)[C@@H](Cc2ccccc2)C(=O)N[C@@H](Cc2ccc(O)cc2)C(=O)N(C)CC(=O)N[C@@H](Cc2c[nH]c3ccccc23)C(=O)N[C@@H](Cc2ccc(Cl)cc2)C(=O)N[C@@H](CC(C)C)C(=O)N[C@H](C(=O)CCC(N)=O)CSCC(=O)N[C@@H](Cc2ccccc2)C(=O)N(C)[C@@H](Cc2ccccc2)C(=O)N1C. The fraction of sp³-hybridized carbons (Fsp3) is 0.438. The molecule has 6 aromatic carbocycles. The van der Waals surface area contributed by atoms with Crippen molar-refractivity contribution in [3.8, 4) is 5.75 Å². The third kappa shape index (κ3) is 31.1. The van der Waals surface area contributed by atoms with E-state index in [0.29, 0.717) is 62.1 Å². The van der Waals surface area contributed by atoms with Gasteiger partial charge in [-0.3, -0.25) is 76.7 Å². The molecule has 1 aliphatic heterocycles.